The van der Waals surface area contributed by atoms with Crippen LogP contribution < -0.4 is 5.32 Å². The molecular weight excluding hydrogens is 298 g/mol. The zero-order valence-corrected chi connectivity index (χ0v) is 11.1. The number of halogens is 1. The van der Waals surface area contributed by atoms with Gasteiger partial charge in [0.25, 0.3) is 0 Å². The van der Waals surface area contributed by atoms with Gasteiger partial charge in [0.15, 0.2) is 0 Å². The van der Waals surface area contributed by atoms with E-state index >= 15 is 0 Å². The fraction of sp³-hybridized carbons (Fsp3) is 0. The van der Waals surface area contributed by atoms with Gasteiger partial charge in [-0.15, -0.1) is 11.3 Å². The number of thiazole rings is 1. The zero-order valence-electron chi connectivity index (χ0n) is 8.72. The maximum atomic E-state index is 4.27. The number of aromatic nitrogens is 2. The third kappa shape index (κ3) is 2.16. The van der Waals surface area contributed by atoms with Gasteiger partial charge in [-0.3, -0.25) is 0 Å². The van der Waals surface area contributed by atoms with Crippen molar-refractivity contribution in [1.82, 2.24) is 9.97 Å². The van der Waals surface area contributed by atoms with Crippen molar-refractivity contribution in [2.24, 2.45) is 0 Å². The van der Waals surface area contributed by atoms with E-state index in [0.717, 1.165) is 21.5 Å². The molecule has 0 atom stereocenters. The first-order valence-electron chi connectivity index (χ1n) is 5.04. The van der Waals surface area contributed by atoms with Crippen LogP contribution in [0.15, 0.2) is 46.5 Å². The molecule has 3 rings (SSSR count). The second kappa shape index (κ2) is 4.43. The van der Waals surface area contributed by atoms with Gasteiger partial charge in [-0.05, 0) is 46.3 Å². The molecule has 0 aliphatic rings. The number of nitrogens with zero attached hydrogens (tertiary/aromatic N) is 2. The number of benzene rings is 1. The van der Waals surface area contributed by atoms with E-state index in [4.69, 9.17) is 0 Å². The van der Waals surface area contributed by atoms with Crippen LogP contribution in [-0.4, -0.2) is 9.97 Å². The minimum atomic E-state index is 0.816. The van der Waals surface area contributed by atoms with Gasteiger partial charge in [0.05, 0.1) is 20.2 Å². The molecule has 0 radical (unpaired) electrons. The van der Waals surface area contributed by atoms with Crippen LogP contribution in [0.4, 0.5) is 11.5 Å². The number of anilines is 2. The van der Waals surface area contributed by atoms with E-state index < -0.39 is 0 Å². The molecule has 0 bridgehead atoms. The summed E-state index contributed by atoms with van der Waals surface area (Å²) in [4.78, 5) is 8.52. The van der Waals surface area contributed by atoms with Crippen molar-refractivity contribution >= 4 is 49.0 Å². The summed E-state index contributed by atoms with van der Waals surface area (Å²) in [6, 6.07) is 9.94. The van der Waals surface area contributed by atoms with Gasteiger partial charge in [-0.1, -0.05) is 0 Å². The number of pyridine rings is 1. The molecule has 0 unspecified atom stereocenters. The van der Waals surface area contributed by atoms with Crippen LogP contribution in [0.1, 0.15) is 0 Å². The highest BCUT2D eigenvalue weighted by atomic mass is 79.9. The van der Waals surface area contributed by atoms with Gasteiger partial charge >= 0.3 is 0 Å². The number of nitrogens with one attached hydrogen (secondary N) is 1. The van der Waals surface area contributed by atoms with E-state index in [0.29, 0.717) is 0 Å². The number of hydrogen-bond acceptors (Lipinski definition) is 4. The largest absolute Gasteiger partial charge is 0.339 e. The Kier molecular flexibility index (Phi) is 2.78. The fourth-order valence-electron chi connectivity index (χ4n) is 1.55. The first-order valence-corrected chi connectivity index (χ1v) is 6.71. The highest BCUT2D eigenvalue weighted by Gasteiger charge is 2.02. The Morgan fingerprint density at radius 3 is 3.00 bits per heavy atom. The Balaban J connectivity index is 1.97. The number of hydrogen-bond donors (Lipinski definition) is 1. The Morgan fingerprint density at radius 1 is 1.18 bits per heavy atom. The minimum absolute atomic E-state index is 0.816. The summed E-state index contributed by atoms with van der Waals surface area (Å²) in [5.41, 5.74) is 3.90. The molecule has 0 spiro atoms. The molecule has 84 valence electrons. The van der Waals surface area contributed by atoms with Crippen LogP contribution >= 0.6 is 27.3 Å². The lowest BCUT2D eigenvalue weighted by Gasteiger charge is -2.06. The normalized spacial score (nSPS) is 10.6. The van der Waals surface area contributed by atoms with Crippen LogP contribution in [0.3, 0.4) is 0 Å². The predicted molar refractivity (Wildman–Crippen MR) is 74.8 cm³/mol. The summed E-state index contributed by atoms with van der Waals surface area (Å²) in [6.45, 7) is 0. The molecule has 1 N–H and O–H groups in total. The van der Waals surface area contributed by atoms with E-state index in [1.165, 1.54) is 4.70 Å². The van der Waals surface area contributed by atoms with Crippen molar-refractivity contribution in [3.05, 3.63) is 46.5 Å². The summed E-state index contributed by atoms with van der Waals surface area (Å²) in [5, 5.41) is 3.28. The lowest BCUT2D eigenvalue weighted by atomic mass is 10.3. The highest BCUT2D eigenvalue weighted by molar-refractivity contribution is 9.10. The minimum Gasteiger partial charge on any atom is -0.339 e. The second-order valence-electron chi connectivity index (χ2n) is 3.49. The van der Waals surface area contributed by atoms with Crippen molar-refractivity contribution < 1.29 is 0 Å². The molecule has 2 heterocycles. The molecule has 3 aromatic rings. The summed E-state index contributed by atoms with van der Waals surface area (Å²) in [7, 11) is 0. The Hall–Kier alpha value is -1.46. The third-order valence-electron chi connectivity index (χ3n) is 2.35. The number of rotatable bonds is 2. The van der Waals surface area contributed by atoms with Gasteiger partial charge in [0.1, 0.15) is 5.82 Å². The molecule has 0 aliphatic heterocycles. The van der Waals surface area contributed by atoms with Crippen LogP contribution in [0, 0.1) is 0 Å². The molecule has 2 aromatic heterocycles. The maximum Gasteiger partial charge on any atom is 0.144 e. The Labute approximate surface area is 111 Å². The van der Waals surface area contributed by atoms with E-state index in [1.54, 1.807) is 17.5 Å². The average Bonchev–Trinajstić information content (AvgIpc) is 2.79. The maximum absolute atomic E-state index is 4.27. The van der Waals surface area contributed by atoms with E-state index in [9.17, 15) is 0 Å². The SMILES string of the molecule is Brc1cccnc1Nc1ccc2ncsc2c1. The molecule has 3 nitrogen and oxygen atoms in total. The van der Waals surface area contributed by atoms with Gasteiger partial charge < -0.3 is 5.32 Å². The molecular formula is C12H8BrN3S. The molecule has 1 aromatic carbocycles. The molecule has 0 saturated heterocycles. The first-order chi connectivity index (χ1) is 8.33. The van der Waals surface area contributed by atoms with Crippen molar-refractivity contribution in [2.75, 3.05) is 5.32 Å². The molecule has 17 heavy (non-hydrogen) atoms. The van der Waals surface area contributed by atoms with Gasteiger partial charge in [0.2, 0.25) is 0 Å². The van der Waals surface area contributed by atoms with Crippen molar-refractivity contribution in [3.63, 3.8) is 0 Å². The van der Waals surface area contributed by atoms with Crippen molar-refractivity contribution in [1.29, 1.82) is 0 Å². The first kappa shape index (κ1) is 10.7. The third-order valence-corrected chi connectivity index (χ3v) is 3.78. The standard InChI is InChI=1S/C12H8BrN3S/c13-9-2-1-5-14-12(9)16-8-3-4-10-11(6-8)17-7-15-10/h1-7H,(H,14,16). The smallest absolute Gasteiger partial charge is 0.144 e. The summed E-state index contributed by atoms with van der Waals surface area (Å²) in [5.74, 6) is 0.816. The molecule has 0 saturated carbocycles. The molecule has 0 aliphatic carbocycles. The molecule has 0 fully saturated rings. The van der Waals surface area contributed by atoms with Crippen molar-refractivity contribution in [3.8, 4) is 0 Å². The lowest BCUT2D eigenvalue weighted by Crippen LogP contribution is -1.93. The van der Waals surface area contributed by atoms with E-state index in [1.807, 2.05) is 29.8 Å². The van der Waals surface area contributed by atoms with Crippen LogP contribution in [0.5, 0.6) is 0 Å². The Morgan fingerprint density at radius 2 is 2.12 bits per heavy atom. The van der Waals surface area contributed by atoms with Crippen LogP contribution in [0.2, 0.25) is 0 Å². The number of fused-ring (bicyclic) bond motifs is 1. The van der Waals surface area contributed by atoms with Crippen LogP contribution in [0.25, 0.3) is 10.2 Å². The zero-order chi connectivity index (χ0) is 11.7. The predicted octanol–water partition coefficient (Wildman–Crippen LogP) is 4.20. The Bertz CT molecular complexity index is 665. The fourth-order valence-corrected chi connectivity index (χ4v) is 2.62. The molecule has 5 heteroatoms. The lowest BCUT2D eigenvalue weighted by molar-refractivity contribution is 1.29. The van der Waals surface area contributed by atoms with Crippen molar-refractivity contribution in [2.45, 2.75) is 0 Å². The summed E-state index contributed by atoms with van der Waals surface area (Å²) < 4.78 is 2.12. The second-order valence-corrected chi connectivity index (χ2v) is 5.23. The summed E-state index contributed by atoms with van der Waals surface area (Å²) >= 11 is 5.09. The van der Waals surface area contributed by atoms with Gasteiger partial charge in [0, 0.05) is 11.9 Å². The van der Waals surface area contributed by atoms with Gasteiger partial charge in [-0.25, -0.2) is 9.97 Å². The highest BCUT2D eigenvalue weighted by Crippen LogP contribution is 2.26. The monoisotopic (exact) mass is 305 g/mol. The quantitative estimate of drug-likeness (QED) is 0.771. The van der Waals surface area contributed by atoms with Gasteiger partial charge in [-0.2, -0.15) is 0 Å². The van der Waals surface area contributed by atoms with E-state index in [-0.39, 0.29) is 0 Å². The topological polar surface area (TPSA) is 37.8 Å². The molecule has 0 amide bonds. The average molecular weight is 306 g/mol. The van der Waals surface area contributed by atoms with E-state index in [2.05, 4.69) is 37.3 Å². The van der Waals surface area contributed by atoms with Crippen LogP contribution in [-0.2, 0) is 0 Å². The summed E-state index contributed by atoms with van der Waals surface area (Å²) in [6.07, 6.45) is 1.76.